The monoisotopic (exact) mass is 431 g/mol. The molecule has 0 aliphatic rings. The molecule has 0 radical (unpaired) electrons. The molecule has 6 aromatic rings. The number of halogens is 1. The largest absolute Gasteiger partial charge is 0.340 e. The number of rotatable bonds is 4. The summed E-state index contributed by atoms with van der Waals surface area (Å²) in [5.74, 6) is 0.806. The van der Waals surface area contributed by atoms with E-state index in [9.17, 15) is 0 Å². The minimum Gasteiger partial charge on any atom is -0.340 e. The van der Waals surface area contributed by atoms with Crippen molar-refractivity contribution in [3.63, 3.8) is 0 Å². The zero-order chi connectivity index (χ0) is 22.2. The summed E-state index contributed by atoms with van der Waals surface area (Å²) in [5, 5.41) is 12.3. The number of nitrogens with one attached hydrogen (secondary N) is 2. The molecule has 0 saturated heterocycles. The van der Waals surface area contributed by atoms with Crippen molar-refractivity contribution in [3.05, 3.63) is 103 Å². The summed E-state index contributed by atoms with van der Waals surface area (Å²) in [7, 11) is 0. The Morgan fingerprint density at radius 3 is 2.48 bits per heavy atom. The molecule has 2 heterocycles. The van der Waals surface area contributed by atoms with E-state index in [-0.39, 0.29) is 5.82 Å². The van der Waals surface area contributed by atoms with Gasteiger partial charge >= 0.3 is 0 Å². The summed E-state index contributed by atoms with van der Waals surface area (Å²) in [4.78, 5) is 9.47. The van der Waals surface area contributed by atoms with Crippen molar-refractivity contribution in [2.45, 2.75) is 0 Å². The van der Waals surface area contributed by atoms with Crippen LogP contribution < -0.4 is 5.32 Å². The molecule has 0 amide bonds. The molecule has 5 nitrogen and oxygen atoms in total. The maximum absolute atomic E-state index is 15.0. The van der Waals surface area contributed by atoms with Crippen LogP contribution >= 0.6 is 0 Å². The molecule has 2 aromatic heterocycles. The maximum atomic E-state index is 15.0. The Balaban J connectivity index is 1.44. The van der Waals surface area contributed by atoms with E-state index in [0.29, 0.717) is 22.8 Å². The van der Waals surface area contributed by atoms with Crippen LogP contribution in [-0.4, -0.2) is 20.2 Å². The average Bonchev–Trinajstić information content (AvgIpc) is 3.32. The van der Waals surface area contributed by atoms with Crippen molar-refractivity contribution in [2.75, 3.05) is 5.32 Å². The first kappa shape index (κ1) is 19.1. The topological polar surface area (TPSA) is 66.5 Å². The Kier molecular flexibility index (Phi) is 4.54. The van der Waals surface area contributed by atoms with Gasteiger partial charge in [-0.1, -0.05) is 54.6 Å². The molecule has 0 aliphatic heterocycles. The minimum absolute atomic E-state index is 0.310. The summed E-state index contributed by atoms with van der Waals surface area (Å²) < 4.78 is 15.0. The fraction of sp³-hybridized carbons (Fsp3) is 0. The van der Waals surface area contributed by atoms with Gasteiger partial charge in [0.25, 0.3) is 0 Å². The SMILES string of the molecule is Fc1cc(-c2nc(Nc3ccc4[nH]ncc4c3)c3ccccc3n2)ccc1-c1ccccc1. The molecule has 0 aliphatic carbocycles. The summed E-state index contributed by atoms with van der Waals surface area (Å²) in [5.41, 5.74) is 4.62. The predicted octanol–water partition coefficient (Wildman–Crippen LogP) is 6.72. The summed E-state index contributed by atoms with van der Waals surface area (Å²) in [6, 6.07) is 28.3. The Morgan fingerprint density at radius 1 is 0.758 bits per heavy atom. The zero-order valence-corrected chi connectivity index (χ0v) is 17.5. The van der Waals surface area contributed by atoms with E-state index in [1.165, 1.54) is 6.07 Å². The van der Waals surface area contributed by atoms with E-state index in [2.05, 4.69) is 15.5 Å². The van der Waals surface area contributed by atoms with Crippen LogP contribution in [0.4, 0.5) is 15.9 Å². The van der Waals surface area contributed by atoms with Gasteiger partial charge in [0.1, 0.15) is 11.6 Å². The number of hydrogen-bond acceptors (Lipinski definition) is 4. The van der Waals surface area contributed by atoms with E-state index in [1.807, 2.05) is 78.9 Å². The molecule has 4 aromatic carbocycles. The Bertz CT molecular complexity index is 1610. The Labute approximate surface area is 189 Å². The van der Waals surface area contributed by atoms with Crippen LogP contribution in [-0.2, 0) is 0 Å². The molecule has 0 saturated carbocycles. The zero-order valence-electron chi connectivity index (χ0n) is 17.5. The van der Waals surface area contributed by atoms with Crippen molar-refractivity contribution in [3.8, 4) is 22.5 Å². The standard InChI is InChI=1S/C27H18FN5/c28-23-15-18(10-12-21(23)17-6-2-1-3-7-17)26-31-25-9-5-4-8-22(25)27(32-26)30-20-11-13-24-19(14-20)16-29-33-24/h1-16H,(H,29,33)(H,30,31,32). The van der Waals surface area contributed by atoms with Gasteiger partial charge in [-0.3, -0.25) is 5.10 Å². The molecule has 158 valence electrons. The third-order valence-corrected chi connectivity index (χ3v) is 5.62. The van der Waals surface area contributed by atoms with Crippen LogP contribution in [0.15, 0.2) is 97.2 Å². The van der Waals surface area contributed by atoms with Crippen LogP contribution in [0, 0.1) is 5.82 Å². The molecular formula is C27H18FN5. The Hall–Kier alpha value is -4.58. The van der Waals surface area contributed by atoms with Crippen molar-refractivity contribution < 1.29 is 4.39 Å². The fourth-order valence-electron chi connectivity index (χ4n) is 3.96. The first-order chi connectivity index (χ1) is 16.2. The quantitative estimate of drug-likeness (QED) is 0.325. The minimum atomic E-state index is -0.310. The van der Waals surface area contributed by atoms with E-state index >= 15 is 4.39 Å². The highest BCUT2D eigenvalue weighted by molar-refractivity contribution is 5.93. The highest BCUT2D eigenvalue weighted by atomic mass is 19.1. The van der Waals surface area contributed by atoms with Crippen molar-refractivity contribution in [1.82, 2.24) is 20.2 Å². The fourth-order valence-corrected chi connectivity index (χ4v) is 3.96. The lowest BCUT2D eigenvalue weighted by molar-refractivity contribution is 0.631. The van der Waals surface area contributed by atoms with Gasteiger partial charge in [0.2, 0.25) is 0 Å². The van der Waals surface area contributed by atoms with Crippen LogP contribution in [0.2, 0.25) is 0 Å². The second-order valence-corrected chi connectivity index (χ2v) is 7.77. The van der Waals surface area contributed by atoms with Gasteiger partial charge in [0.15, 0.2) is 5.82 Å². The number of aromatic amines is 1. The van der Waals surface area contributed by atoms with E-state index in [0.717, 1.165) is 33.1 Å². The number of para-hydroxylation sites is 1. The summed E-state index contributed by atoms with van der Waals surface area (Å²) >= 11 is 0. The highest BCUT2D eigenvalue weighted by Crippen LogP contribution is 2.31. The van der Waals surface area contributed by atoms with E-state index in [4.69, 9.17) is 9.97 Å². The number of nitrogens with zero attached hydrogens (tertiary/aromatic N) is 3. The van der Waals surface area contributed by atoms with Gasteiger partial charge in [-0.2, -0.15) is 5.10 Å². The van der Waals surface area contributed by atoms with Crippen LogP contribution in [0.3, 0.4) is 0 Å². The number of benzene rings is 4. The molecule has 0 atom stereocenters. The molecular weight excluding hydrogens is 413 g/mol. The smallest absolute Gasteiger partial charge is 0.162 e. The average molecular weight is 431 g/mol. The summed E-state index contributed by atoms with van der Waals surface area (Å²) in [6.07, 6.45) is 1.78. The van der Waals surface area contributed by atoms with Gasteiger partial charge in [-0.05, 0) is 42.0 Å². The number of fused-ring (bicyclic) bond motifs is 2. The normalized spacial score (nSPS) is 11.2. The molecule has 6 heteroatoms. The van der Waals surface area contributed by atoms with Crippen molar-refractivity contribution >= 4 is 33.3 Å². The Morgan fingerprint density at radius 2 is 1.61 bits per heavy atom. The van der Waals surface area contributed by atoms with Gasteiger partial charge < -0.3 is 5.32 Å². The van der Waals surface area contributed by atoms with Gasteiger partial charge in [0.05, 0.1) is 17.2 Å². The van der Waals surface area contributed by atoms with Crippen LogP contribution in [0.5, 0.6) is 0 Å². The van der Waals surface area contributed by atoms with Crippen LogP contribution in [0.1, 0.15) is 0 Å². The predicted molar refractivity (Wildman–Crippen MR) is 130 cm³/mol. The van der Waals surface area contributed by atoms with E-state index in [1.54, 1.807) is 12.3 Å². The number of H-pyrrole nitrogens is 1. The van der Waals surface area contributed by atoms with Crippen molar-refractivity contribution in [2.24, 2.45) is 0 Å². The second kappa shape index (κ2) is 7.84. The highest BCUT2D eigenvalue weighted by Gasteiger charge is 2.13. The lowest BCUT2D eigenvalue weighted by atomic mass is 10.0. The number of anilines is 2. The lowest BCUT2D eigenvalue weighted by Gasteiger charge is -2.12. The molecule has 33 heavy (non-hydrogen) atoms. The molecule has 0 unspecified atom stereocenters. The number of hydrogen-bond donors (Lipinski definition) is 2. The second-order valence-electron chi connectivity index (χ2n) is 7.77. The first-order valence-corrected chi connectivity index (χ1v) is 10.6. The van der Waals surface area contributed by atoms with Gasteiger partial charge in [-0.25, -0.2) is 14.4 Å². The van der Waals surface area contributed by atoms with Gasteiger partial charge in [0, 0.05) is 27.6 Å². The molecule has 2 N–H and O–H groups in total. The lowest BCUT2D eigenvalue weighted by Crippen LogP contribution is -2.00. The molecule has 0 fully saturated rings. The van der Waals surface area contributed by atoms with Crippen LogP contribution in [0.25, 0.3) is 44.3 Å². The maximum Gasteiger partial charge on any atom is 0.162 e. The number of aromatic nitrogens is 4. The van der Waals surface area contributed by atoms with E-state index < -0.39 is 0 Å². The third kappa shape index (κ3) is 3.57. The van der Waals surface area contributed by atoms with Crippen molar-refractivity contribution in [1.29, 1.82) is 0 Å². The third-order valence-electron chi connectivity index (χ3n) is 5.62. The first-order valence-electron chi connectivity index (χ1n) is 10.6. The molecule has 0 bridgehead atoms. The summed E-state index contributed by atoms with van der Waals surface area (Å²) in [6.45, 7) is 0. The molecule has 0 spiro atoms. The molecule has 6 rings (SSSR count). The van der Waals surface area contributed by atoms with Gasteiger partial charge in [-0.15, -0.1) is 0 Å².